The van der Waals surface area contributed by atoms with Gasteiger partial charge in [0.05, 0.1) is 31.3 Å². The Morgan fingerprint density at radius 1 is 0.947 bits per heavy atom. The summed E-state index contributed by atoms with van der Waals surface area (Å²) in [6, 6.07) is 18.1. The Kier molecular flexibility index (Phi) is 11.2. The fraction of sp³-hybridized carbons (Fsp3) is 0.393. The zero-order valence-corrected chi connectivity index (χ0v) is 22.6. The molecule has 0 radical (unpaired) electrons. The Balaban J connectivity index is 1.58. The van der Waals surface area contributed by atoms with E-state index in [1.165, 1.54) is 11.3 Å². The van der Waals surface area contributed by atoms with E-state index in [9.17, 15) is 14.4 Å². The molecule has 0 saturated heterocycles. The zero-order valence-electron chi connectivity index (χ0n) is 21.8. The number of carbonyl (C=O) groups is 3. The summed E-state index contributed by atoms with van der Waals surface area (Å²) in [5, 5.41) is 9.43. The summed E-state index contributed by atoms with van der Waals surface area (Å²) < 4.78 is 11.7. The van der Waals surface area contributed by atoms with Crippen LogP contribution in [0.25, 0.3) is 10.1 Å². The van der Waals surface area contributed by atoms with Crippen LogP contribution in [-0.4, -0.2) is 68.8 Å². The number of nitrogens with one attached hydrogen (secondary N) is 3. The van der Waals surface area contributed by atoms with Gasteiger partial charge >= 0.3 is 0 Å². The maximum atomic E-state index is 13.3. The number of hydrogen-bond donors (Lipinski definition) is 4. The molecule has 0 fully saturated rings. The highest BCUT2D eigenvalue weighted by molar-refractivity contribution is 7.20. The predicted octanol–water partition coefficient (Wildman–Crippen LogP) is 2.25. The van der Waals surface area contributed by atoms with Crippen molar-refractivity contribution in [2.24, 2.45) is 5.73 Å². The molecular formula is C28H36N4O5S. The van der Waals surface area contributed by atoms with Crippen molar-refractivity contribution in [3.8, 4) is 0 Å². The van der Waals surface area contributed by atoms with Crippen molar-refractivity contribution in [3.05, 3.63) is 71.1 Å². The highest BCUT2D eigenvalue weighted by Gasteiger charge is 2.33. The molecule has 3 aromatic rings. The number of amides is 3. The highest BCUT2D eigenvalue weighted by atomic mass is 32.1. The minimum Gasteiger partial charge on any atom is -0.378 e. The minimum atomic E-state index is -1.25. The number of fused-ring (bicyclic) bond motifs is 1. The molecule has 3 rings (SSSR count). The van der Waals surface area contributed by atoms with E-state index < -0.39 is 17.5 Å². The molecular weight excluding hydrogens is 504 g/mol. The molecule has 9 nitrogen and oxygen atoms in total. The molecule has 1 atom stereocenters. The van der Waals surface area contributed by atoms with Crippen molar-refractivity contribution in [3.63, 3.8) is 0 Å². The lowest BCUT2D eigenvalue weighted by molar-refractivity contribution is -0.131. The van der Waals surface area contributed by atoms with E-state index in [0.717, 1.165) is 15.6 Å². The summed E-state index contributed by atoms with van der Waals surface area (Å²) in [6.07, 6.45) is 0.298. The molecule has 0 unspecified atom stereocenters. The minimum absolute atomic E-state index is 0.281. The maximum Gasteiger partial charge on any atom is 0.262 e. The van der Waals surface area contributed by atoms with E-state index in [1.807, 2.05) is 54.6 Å². The van der Waals surface area contributed by atoms with Crippen LogP contribution in [0, 0.1) is 0 Å². The lowest BCUT2D eigenvalue weighted by atomic mass is 10.0. The van der Waals surface area contributed by atoms with Crippen molar-refractivity contribution in [2.75, 3.05) is 39.5 Å². The van der Waals surface area contributed by atoms with E-state index in [0.29, 0.717) is 44.3 Å². The van der Waals surface area contributed by atoms with Gasteiger partial charge in [-0.05, 0) is 36.9 Å². The van der Waals surface area contributed by atoms with Crippen LogP contribution in [-0.2, 0) is 25.5 Å². The molecule has 1 aromatic heterocycles. The van der Waals surface area contributed by atoms with E-state index in [2.05, 4.69) is 16.0 Å². The first-order chi connectivity index (χ1) is 18.3. The standard InChI is InChI=1S/C28H36N4O5S/c1-28(2,32-26(34)24-19-21-10-6-7-11-23(21)38-24)27(35)31-22(18-20-8-4-3-5-9-20)25(33)30-13-15-37-17-16-36-14-12-29/h3-11,19,22H,12-18,29H2,1-2H3,(H,30,33)(H,31,35)(H,32,34)/t22-/m0/s1. The van der Waals surface area contributed by atoms with Crippen molar-refractivity contribution >= 4 is 39.1 Å². The molecule has 1 heterocycles. The van der Waals surface area contributed by atoms with Gasteiger partial charge in [0.1, 0.15) is 11.6 Å². The van der Waals surface area contributed by atoms with Crippen LogP contribution < -0.4 is 21.7 Å². The molecule has 38 heavy (non-hydrogen) atoms. The summed E-state index contributed by atoms with van der Waals surface area (Å²) in [6.45, 7) is 5.58. The van der Waals surface area contributed by atoms with Crippen LogP contribution in [0.4, 0.5) is 0 Å². The van der Waals surface area contributed by atoms with Gasteiger partial charge in [0.2, 0.25) is 11.8 Å². The number of thiophene rings is 1. The number of carbonyl (C=O) groups excluding carboxylic acids is 3. The number of ether oxygens (including phenoxy) is 2. The average molecular weight is 541 g/mol. The molecule has 5 N–H and O–H groups in total. The number of nitrogens with two attached hydrogens (primary N) is 1. The topological polar surface area (TPSA) is 132 Å². The summed E-state index contributed by atoms with van der Waals surface area (Å²) in [5.74, 6) is -1.14. The first-order valence-electron chi connectivity index (χ1n) is 12.6. The van der Waals surface area contributed by atoms with Crippen molar-refractivity contribution < 1.29 is 23.9 Å². The smallest absolute Gasteiger partial charge is 0.262 e. The largest absolute Gasteiger partial charge is 0.378 e. The first-order valence-corrected chi connectivity index (χ1v) is 13.4. The van der Waals surface area contributed by atoms with Gasteiger partial charge in [-0.1, -0.05) is 48.5 Å². The summed E-state index contributed by atoms with van der Waals surface area (Å²) >= 11 is 1.36. The quantitative estimate of drug-likeness (QED) is 0.219. The van der Waals surface area contributed by atoms with Crippen molar-refractivity contribution in [1.82, 2.24) is 16.0 Å². The normalized spacial score (nSPS) is 12.2. The fourth-order valence-electron chi connectivity index (χ4n) is 3.67. The Hall–Kier alpha value is -3.31. The SMILES string of the molecule is CC(C)(NC(=O)c1cc2ccccc2s1)C(=O)N[C@@H](Cc1ccccc1)C(=O)NCCOCCOCCN. The van der Waals surface area contributed by atoms with Crippen LogP contribution in [0.15, 0.2) is 60.7 Å². The van der Waals surface area contributed by atoms with Crippen LogP contribution >= 0.6 is 11.3 Å². The van der Waals surface area contributed by atoms with E-state index in [4.69, 9.17) is 15.2 Å². The van der Waals surface area contributed by atoms with Crippen LogP contribution in [0.3, 0.4) is 0 Å². The molecule has 0 saturated carbocycles. The molecule has 0 aliphatic carbocycles. The molecule has 3 amide bonds. The second-order valence-electron chi connectivity index (χ2n) is 9.25. The maximum absolute atomic E-state index is 13.3. The molecule has 10 heteroatoms. The first kappa shape index (κ1) is 29.2. The molecule has 204 valence electrons. The Morgan fingerprint density at radius 3 is 2.34 bits per heavy atom. The number of hydrogen-bond acceptors (Lipinski definition) is 7. The van der Waals surface area contributed by atoms with Gasteiger partial charge in [-0.25, -0.2) is 0 Å². The Labute approximate surface area is 227 Å². The second-order valence-corrected chi connectivity index (χ2v) is 10.3. The van der Waals surface area contributed by atoms with Crippen molar-refractivity contribution in [1.29, 1.82) is 0 Å². The molecule has 0 spiro atoms. The second kappa shape index (κ2) is 14.6. The van der Waals surface area contributed by atoms with Crippen LogP contribution in [0.1, 0.15) is 29.1 Å². The van der Waals surface area contributed by atoms with E-state index >= 15 is 0 Å². The summed E-state index contributed by atoms with van der Waals surface area (Å²) in [5.41, 5.74) is 5.01. The fourth-order valence-corrected chi connectivity index (χ4v) is 4.63. The van der Waals surface area contributed by atoms with Gasteiger partial charge in [0, 0.05) is 24.2 Å². The van der Waals surface area contributed by atoms with Gasteiger partial charge in [0.25, 0.3) is 5.91 Å². The van der Waals surface area contributed by atoms with Crippen LogP contribution in [0.2, 0.25) is 0 Å². The third kappa shape index (κ3) is 8.91. The lowest BCUT2D eigenvalue weighted by Crippen LogP contribution is -2.59. The van der Waals surface area contributed by atoms with Gasteiger partial charge in [-0.15, -0.1) is 11.3 Å². The average Bonchev–Trinajstić information content (AvgIpc) is 3.35. The number of benzene rings is 2. The highest BCUT2D eigenvalue weighted by Crippen LogP contribution is 2.25. The summed E-state index contributed by atoms with van der Waals surface area (Å²) in [7, 11) is 0. The third-order valence-corrected chi connectivity index (χ3v) is 6.84. The van der Waals surface area contributed by atoms with Gasteiger partial charge in [-0.3, -0.25) is 14.4 Å². The lowest BCUT2D eigenvalue weighted by Gasteiger charge is -2.28. The van der Waals surface area contributed by atoms with E-state index in [1.54, 1.807) is 19.9 Å². The molecule has 0 aliphatic heterocycles. The number of rotatable bonds is 15. The van der Waals surface area contributed by atoms with Crippen LogP contribution in [0.5, 0.6) is 0 Å². The van der Waals surface area contributed by atoms with E-state index in [-0.39, 0.29) is 18.4 Å². The predicted molar refractivity (Wildman–Crippen MR) is 149 cm³/mol. The summed E-state index contributed by atoms with van der Waals surface area (Å²) in [4.78, 5) is 39.7. The van der Waals surface area contributed by atoms with Gasteiger partial charge in [-0.2, -0.15) is 0 Å². The molecule has 2 aromatic carbocycles. The van der Waals surface area contributed by atoms with Crippen molar-refractivity contribution in [2.45, 2.75) is 31.8 Å². The zero-order chi connectivity index (χ0) is 27.4. The molecule has 0 aliphatic rings. The van der Waals surface area contributed by atoms with Gasteiger partial charge < -0.3 is 31.2 Å². The monoisotopic (exact) mass is 540 g/mol. The Morgan fingerprint density at radius 2 is 1.63 bits per heavy atom. The Bertz CT molecular complexity index is 1170. The molecule has 0 bridgehead atoms. The van der Waals surface area contributed by atoms with Gasteiger partial charge in [0.15, 0.2) is 0 Å². The third-order valence-electron chi connectivity index (χ3n) is 5.73.